The minimum atomic E-state index is 0.707. The van der Waals surface area contributed by atoms with Crippen LogP contribution in [-0.2, 0) is 6.42 Å². The Kier molecular flexibility index (Phi) is 4.40. The third-order valence-corrected chi connectivity index (χ3v) is 4.24. The largest absolute Gasteiger partial charge is 0.482 e. The van der Waals surface area contributed by atoms with Gasteiger partial charge in [-0.15, -0.1) is 0 Å². The number of pyridine rings is 1. The van der Waals surface area contributed by atoms with Gasteiger partial charge in [-0.05, 0) is 28.7 Å². The number of benzene rings is 2. The average Bonchev–Trinajstić information content (AvgIpc) is 3.12. The summed E-state index contributed by atoms with van der Waals surface area (Å²) in [6.45, 7) is 0. The Labute approximate surface area is 152 Å². The van der Waals surface area contributed by atoms with E-state index in [1.54, 1.807) is 13.3 Å². The van der Waals surface area contributed by atoms with Crippen molar-refractivity contribution in [3.63, 3.8) is 0 Å². The molecule has 0 bridgehead atoms. The standard InChI is InChI=1S/C23H18N2O/c1-26-23-16-20(19-12-6-3-7-13-19)15-22-24-17-21(25(22)23)14-8-11-18-9-4-2-5-10-18/h2-7,9-10,12-13,15-17H,11H2,1H3. The van der Waals surface area contributed by atoms with Crippen molar-refractivity contribution in [2.45, 2.75) is 6.42 Å². The quantitative estimate of drug-likeness (QED) is 0.510. The first-order valence-corrected chi connectivity index (χ1v) is 8.49. The van der Waals surface area contributed by atoms with E-state index in [-0.39, 0.29) is 0 Å². The Bertz CT molecular complexity index is 1090. The summed E-state index contributed by atoms with van der Waals surface area (Å²) >= 11 is 0. The number of hydrogen-bond acceptors (Lipinski definition) is 2. The molecule has 2 heterocycles. The van der Waals surface area contributed by atoms with Crippen molar-refractivity contribution in [1.29, 1.82) is 0 Å². The van der Waals surface area contributed by atoms with Gasteiger partial charge in [0, 0.05) is 12.5 Å². The van der Waals surface area contributed by atoms with Gasteiger partial charge in [0.1, 0.15) is 11.3 Å². The molecule has 0 unspecified atom stereocenters. The minimum absolute atomic E-state index is 0.707. The van der Waals surface area contributed by atoms with Gasteiger partial charge in [-0.25, -0.2) is 4.98 Å². The molecule has 0 aliphatic rings. The first kappa shape index (κ1) is 16.0. The number of nitrogens with zero attached hydrogens (tertiary/aromatic N) is 2. The van der Waals surface area contributed by atoms with Crippen molar-refractivity contribution in [3.05, 3.63) is 90.3 Å². The second-order valence-corrected chi connectivity index (χ2v) is 5.95. The molecule has 26 heavy (non-hydrogen) atoms. The molecule has 0 aliphatic heterocycles. The third kappa shape index (κ3) is 3.18. The van der Waals surface area contributed by atoms with Crippen LogP contribution in [-0.4, -0.2) is 16.5 Å². The molecule has 0 fully saturated rings. The first-order valence-electron chi connectivity index (χ1n) is 8.49. The van der Waals surface area contributed by atoms with Crippen LogP contribution in [0.25, 0.3) is 16.8 Å². The topological polar surface area (TPSA) is 26.5 Å². The van der Waals surface area contributed by atoms with Crippen molar-refractivity contribution in [3.8, 4) is 28.8 Å². The van der Waals surface area contributed by atoms with E-state index in [0.29, 0.717) is 6.42 Å². The number of rotatable bonds is 3. The van der Waals surface area contributed by atoms with Crippen molar-refractivity contribution in [2.24, 2.45) is 0 Å². The van der Waals surface area contributed by atoms with Gasteiger partial charge < -0.3 is 4.74 Å². The molecule has 2 aromatic heterocycles. The van der Waals surface area contributed by atoms with E-state index in [4.69, 9.17) is 4.74 Å². The fourth-order valence-electron chi connectivity index (χ4n) is 2.95. The summed E-state index contributed by atoms with van der Waals surface area (Å²) < 4.78 is 7.56. The summed E-state index contributed by atoms with van der Waals surface area (Å²) in [5.74, 6) is 7.17. The third-order valence-electron chi connectivity index (χ3n) is 4.24. The van der Waals surface area contributed by atoms with Crippen LogP contribution >= 0.6 is 0 Å². The Morgan fingerprint density at radius 3 is 2.38 bits per heavy atom. The lowest BCUT2D eigenvalue weighted by Gasteiger charge is -2.09. The number of methoxy groups -OCH3 is 1. The van der Waals surface area contributed by atoms with Crippen molar-refractivity contribution in [1.82, 2.24) is 9.38 Å². The molecule has 2 aromatic carbocycles. The second kappa shape index (κ2) is 7.16. The molecule has 0 saturated carbocycles. The Balaban J connectivity index is 1.72. The molecule has 4 aromatic rings. The Hall–Kier alpha value is -3.51. The zero-order valence-electron chi connectivity index (χ0n) is 14.5. The maximum Gasteiger partial charge on any atom is 0.200 e. The van der Waals surface area contributed by atoms with Gasteiger partial charge in [-0.1, -0.05) is 66.6 Å². The predicted molar refractivity (Wildman–Crippen MR) is 104 cm³/mol. The van der Waals surface area contributed by atoms with Gasteiger partial charge in [0.15, 0.2) is 0 Å². The lowest BCUT2D eigenvalue weighted by Crippen LogP contribution is -1.97. The smallest absolute Gasteiger partial charge is 0.200 e. The van der Waals surface area contributed by atoms with Crippen molar-refractivity contribution in [2.75, 3.05) is 7.11 Å². The van der Waals surface area contributed by atoms with E-state index in [9.17, 15) is 0 Å². The Morgan fingerprint density at radius 2 is 1.65 bits per heavy atom. The van der Waals surface area contributed by atoms with E-state index in [2.05, 4.69) is 47.2 Å². The van der Waals surface area contributed by atoms with E-state index >= 15 is 0 Å². The first-order chi connectivity index (χ1) is 12.8. The van der Waals surface area contributed by atoms with Crippen LogP contribution in [0.15, 0.2) is 79.0 Å². The molecule has 0 radical (unpaired) electrons. The SMILES string of the molecule is COc1cc(-c2ccccc2)cc2ncc(C#CCc3ccccc3)n12. The number of hydrogen-bond donors (Lipinski definition) is 0. The molecule has 0 N–H and O–H groups in total. The van der Waals surface area contributed by atoms with E-state index < -0.39 is 0 Å². The molecule has 3 nitrogen and oxygen atoms in total. The molecule has 4 rings (SSSR count). The molecule has 0 saturated heterocycles. The van der Waals surface area contributed by atoms with Crippen LogP contribution in [0.4, 0.5) is 0 Å². The van der Waals surface area contributed by atoms with Gasteiger partial charge in [0.05, 0.1) is 13.3 Å². The fourth-order valence-corrected chi connectivity index (χ4v) is 2.95. The highest BCUT2D eigenvalue weighted by Gasteiger charge is 2.10. The van der Waals surface area contributed by atoms with Crippen LogP contribution in [0.2, 0.25) is 0 Å². The molecule has 0 atom stereocenters. The highest BCUT2D eigenvalue weighted by atomic mass is 16.5. The summed E-state index contributed by atoms with van der Waals surface area (Å²) in [6, 6.07) is 24.5. The van der Waals surface area contributed by atoms with Crippen molar-refractivity contribution >= 4 is 5.65 Å². The molecule has 126 valence electrons. The number of ether oxygens (including phenoxy) is 1. The van der Waals surface area contributed by atoms with Crippen LogP contribution in [0, 0.1) is 11.8 Å². The predicted octanol–water partition coefficient (Wildman–Crippen LogP) is 4.60. The lowest BCUT2D eigenvalue weighted by atomic mass is 10.1. The van der Waals surface area contributed by atoms with Gasteiger partial charge in [-0.2, -0.15) is 0 Å². The zero-order valence-corrected chi connectivity index (χ0v) is 14.5. The highest BCUT2D eigenvalue weighted by molar-refractivity contribution is 5.70. The van der Waals surface area contributed by atoms with Crippen LogP contribution in [0.3, 0.4) is 0 Å². The highest BCUT2D eigenvalue weighted by Crippen LogP contribution is 2.27. The monoisotopic (exact) mass is 338 g/mol. The van der Waals surface area contributed by atoms with E-state index in [1.165, 1.54) is 5.56 Å². The molecule has 0 spiro atoms. The molecule has 3 heteroatoms. The van der Waals surface area contributed by atoms with Crippen LogP contribution in [0.5, 0.6) is 5.88 Å². The molecular formula is C23H18N2O. The van der Waals surface area contributed by atoms with E-state index in [0.717, 1.165) is 28.3 Å². The number of aromatic nitrogens is 2. The molecule has 0 aliphatic carbocycles. The van der Waals surface area contributed by atoms with Gasteiger partial charge in [-0.3, -0.25) is 4.40 Å². The minimum Gasteiger partial charge on any atom is -0.482 e. The second-order valence-electron chi connectivity index (χ2n) is 5.95. The lowest BCUT2D eigenvalue weighted by molar-refractivity contribution is 0.392. The van der Waals surface area contributed by atoms with E-state index in [1.807, 2.05) is 46.9 Å². The van der Waals surface area contributed by atoms with Crippen LogP contribution in [0.1, 0.15) is 11.3 Å². The number of fused-ring (bicyclic) bond motifs is 1. The Morgan fingerprint density at radius 1 is 0.923 bits per heavy atom. The molecular weight excluding hydrogens is 320 g/mol. The summed E-state index contributed by atoms with van der Waals surface area (Å²) in [7, 11) is 1.67. The van der Waals surface area contributed by atoms with Gasteiger partial charge in [0.25, 0.3) is 0 Å². The summed E-state index contributed by atoms with van der Waals surface area (Å²) in [6.07, 6.45) is 2.50. The average molecular weight is 338 g/mol. The summed E-state index contributed by atoms with van der Waals surface area (Å²) in [5.41, 5.74) is 5.06. The maximum atomic E-state index is 5.61. The van der Waals surface area contributed by atoms with Gasteiger partial charge >= 0.3 is 0 Å². The maximum absolute atomic E-state index is 5.61. The summed E-state index contributed by atoms with van der Waals surface area (Å²) in [5, 5.41) is 0. The normalized spacial score (nSPS) is 10.3. The van der Waals surface area contributed by atoms with Crippen LogP contribution < -0.4 is 4.74 Å². The van der Waals surface area contributed by atoms with Gasteiger partial charge in [0.2, 0.25) is 5.88 Å². The zero-order chi connectivity index (χ0) is 17.8. The van der Waals surface area contributed by atoms with Crippen molar-refractivity contribution < 1.29 is 4.74 Å². The number of imidazole rings is 1. The molecule has 0 amide bonds. The fraction of sp³-hybridized carbons (Fsp3) is 0.0870. The summed E-state index contributed by atoms with van der Waals surface area (Å²) in [4.78, 5) is 4.52.